The first-order valence-electron chi connectivity index (χ1n) is 5.72. The number of hydrogen-bond acceptors (Lipinski definition) is 2. The van der Waals surface area contributed by atoms with Crippen LogP contribution in [0.25, 0.3) is 0 Å². The van der Waals surface area contributed by atoms with Crippen molar-refractivity contribution in [1.29, 1.82) is 0 Å². The molecular formula is C12H12BrF3N2O3. The van der Waals surface area contributed by atoms with E-state index in [4.69, 9.17) is 5.11 Å². The van der Waals surface area contributed by atoms with Gasteiger partial charge in [0.25, 0.3) is 0 Å². The van der Waals surface area contributed by atoms with Gasteiger partial charge in [0.1, 0.15) is 0 Å². The molecule has 21 heavy (non-hydrogen) atoms. The van der Waals surface area contributed by atoms with Gasteiger partial charge in [0, 0.05) is 23.8 Å². The molecule has 1 rings (SSSR count). The molecule has 116 valence electrons. The minimum atomic E-state index is -4.55. The van der Waals surface area contributed by atoms with Crippen molar-refractivity contribution in [2.24, 2.45) is 0 Å². The van der Waals surface area contributed by atoms with Gasteiger partial charge in [-0.05, 0) is 18.2 Å². The number of carboxylic acids is 1. The Hall–Kier alpha value is -1.77. The van der Waals surface area contributed by atoms with Gasteiger partial charge in [-0.25, -0.2) is 4.79 Å². The molecule has 0 bridgehead atoms. The number of halogens is 4. The SMILES string of the molecule is CN(CCC(=O)O)C(=O)Nc1ccc(Br)c(C(F)(F)F)c1. The molecule has 0 aliphatic heterocycles. The van der Waals surface area contributed by atoms with Crippen LogP contribution in [0.2, 0.25) is 0 Å². The minimum absolute atomic E-state index is 0.0299. The highest BCUT2D eigenvalue weighted by molar-refractivity contribution is 9.10. The van der Waals surface area contributed by atoms with Gasteiger partial charge in [0.15, 0.2) is 0 Å². The first-order valence-corrected chi connectivity index (χ1v) is 6.51. The summed E-state index contributed by atoms with van der Waals surface area (Å²) >= 11 is 2.79. The molecule has 0 radical (unpaired) electrons. The number of benzene rings is 1. The number of aliphatic carboxylic acids is 1. The summed E-state index contributed by atoms with van der Waals surface area (Å²) in [5.41, 5.74) is -0.939. The third-order valence-electron chi connectivity index (χ3n) is 2.53. The number of carbonyl (C=O) groups is 2. The number of nitrogens with zero attached hydrogens (tertiary/aromatic N) is 1. The van der Waals surface area contributed by atoms with Crippen molar-refractivity contribution in [1.82, 2.24) is 4.90 Å². The molecule has 0 aliphatic rings. The topological polar surface area (TPSA) is 69.6 Å². The number of hydrogen-bond donors (Lipinski definition) is 2. The van der Waals surface area contributed by atoms with Crippen molar-refractivity contribution in [3.05, 3.63) is 28.2 Å². The lowest BCUT2D eigenvalue weighted by atomic mass is 10.2. The van der Waals surface area contributed by atoms with Gasteiger partial charge < -0.3 is 15.3 Å². The molecule has 0 fully saturated rings. The highest BCUT2D eigenvalue weighted by atomic mass is 79.9. The zero-order chi connectivity index (χ0) is 16.2. The summed E-state index contributed by atoms with van der Waals surface area (Å²) in [7, 11) is 1.35. The van der Waals surface area contributed by atoms with Gasteiger partial charge >= 0.3 is 18.2 Å². The molecule has 0 heterocycles. The molecule has 0 saturated heterocycles. The number of alkyl halides is 3. The average molecular weight is 369 g/mol. The van der Waals surface area contributed by atoms with Crippen molar-refractivity contribution < 1.29 is 27.9 Å². The Morgan fingerprint density at radius 3 is 2.52 bits per heavy atom. The molecule has 2 N–H and O–H groups in total. The van der Waals surface area contributed by atoms with Crippen LogP contribution < -0.4 is 5.32 Å². The number of carbonyl (C=O) groups excluding carboxylic acids is 1. The van der Waals surface area contributed by atoms with Crippen molar-refractivity contribution in [2.45, 2.75) is 12.6 Å². The fourth-order valence-electron chi connectivity index (χ4n) is 1.40. The molecule has 1 aromatic rings. The van der Waals surface area contributed by atoms with Crippen LogP contribution in [-0.4, -0.2) is 35.6 Å². The summed E-state index contributed by atoms with van der Waals surface area (Å²) in [5, 5.41) is 10.8. The Bertz CT molecular complexity index is 549. The Kier molecular flexibility index (Phi) is 5.59. The lowest BCUT2D eigenvalue weighted by Gasteiger charge is -2.18. The highest BCUT2D eigenvalue weighted by Gasteiger charge is 2.33. The van der Waals surface area contributed by atoms with Crippen molar-refractivity contribution >= 4 is 33.6 Å². The van der Waals surface area contributed by atoms with E-state index in [0.29, 0.717) is 0 Å². The maximum absolute atomic E-state index is 12.7. The zero-order valence-electron chi connectivity index (χ0n) is 10.9. The van der Waals surface area contributed by atoms with Gasteiger partial charge in [-0.1, -0.05) is 15.9 Å². The third kappa shape index (κ3) is 5.25. The smallest absolute Gasteiger partial charge is 0.417 e. The van der Waals surface area contributed by atoms with E-state index in [1.54, 1.807) is 0 Å². The Balaban J connectivity index is 2.79. The summed E-state index contributed by atoms with van der Waals surface area (Å²) < 4.78 is 38.0. The molecule has 0 aromatic heterocycles. The van der Waals surface area contributed by atoms with E-state index in [0.717, 1.165) is 11.0 Å². The van der Waals surface area contributed by atoms with Crippen LogP contribution in [0.3, 0.4) is 0 Å². The van der Waals surface area contributed by atoms with Crippen LogP contribution in [0, 0.1) is 0 Å². The Labute approximate surface area is 126 Å². The van der Waals surface area contributed by atoms with E-state index in [-0.39, 0.29) is 23.1 Å². The molecule has 1 aromatic carbocycles. The van der Waals surface area contributed by atoms with Gasteiger partial charge in [-0.15, -0.1) is 0 Å². The second kappa shape index (κ2) is 6.79. The maximum atomic E-state index is 12.7. The lowest BCUT2D eigenvalue weighted by Crippen LogP contribution is -2.33. The molecule has 0 atom stereocenters. The summed E-state index contributed by atoms with van der Waals surface area (Å²) in [5.74, 6) is -1.07. The zero-order valence-corrected chi connectivity index (χ0v) is 12.5. The van der Waals surface area contributed by atoms with Crippen LogP contribution in [0.15, 0.2) is 22.7 Å². The van der Waals surface area contributed by atoms with Crippen LogP contribution in [0.4, 0.5) is 23.7 Å². The van der Waals surface area contributed by atoms with Gasteiger partial charge in [0.05, 0.1) is 12.0 Å². The molecule has 0 aliphatic carbocycles. The predicted molar refractivity (Wildman–Crippen MR) is 73.0 cm³/mol. The van der Waals surface area contributed by atoms with E-state index in [2.05, 4.69) is 21.2 Å². The first-order chi connectivity index (χ1) is 9.61. The van der Waals surface area contributed by atoms with E-state index in [1.807, 2.05) is 0 Å². The fraction of sp³-hybridized carbons (Fsp3) is 0.333. The fourth-order valence-corrected chi connectivity index (χ4v) is 1.88. The molecular weight excluding hydrogens is 357 g/mol. The summed E-state index contributed by atoms with van der Waals surface area (Å²) in [4.78, 5) is 23.2. The van der Waals surface area contributed by atoms with Crippen molar-refractivity contribution in [3.8, 4) is 0 Å². The quantitative estimate of drug-likeness (QED) is 0.855. The summed E-state index contributed by atoms with van der Waals surface area (Å²) in [6.45, 7) is -0.0518. The van der Waals surface area contributed by atoms with E-state index < -0.39 is 23.7 Å². The number of urea groups is 1. The van der Waals surface area contributed by atoms with Crippen LogP contribution in [0.5, 0.6) is 0 Å². The van der Waals surface area contributed by atoms with Gasteiger partial charge in [0.2, 0.25) is 0 Å². The minimum Gasteiger partial charge on any atom is -0.481 e. The Morgan fingerprint density at radius 1 is 1.38 bits per heavy atom. The normalized spacial score (nSPS) is 11.1. The summed E-state index contributed by atoms with van der Waals surface area (Å²) in [6, 6.07) is 2.59. The second-order valence-electron chi connectivity index (χ2n) is 4.19. The maximum Gasteiger partial charge on any atom is 0.417 e. The predicted octanol–water partition coefficient (Wildman–Crippen LogP) is 3.41. The van der Waals surface area contributed by atoms with Gasteiger partial charge in [-0.2, -0.15) is 13.2 Å². The summed E-state index contributed by atoms with van der Waals surface area (Å²) in [6.07, 6.45) is -4.80. The lowest BCUT2D eigenvalue weighted by molar-refractivity contribution is -0.138. The van der Waals surface area contributed by atoms with Crippen LogP contribution >= 0.6 is 15.9 Å². The first kappa shape index (κ1) is 17.3. The monoisotopic (exact) mass is 368 g/mol. The van der Waals surface area contributed by atoms with Crippen molar-refractivity contribution in [3.63, 3.8) is 0 Å². The Morgan fingerprint density at radius 2 is 2.00 bits per heavy atom. The molecule has 0 spiro atoms. The second-order valence-corrected chi connectivity index (χ2v) is 5.04. The molecule has 0 saturated carbocycles. The van der Waals surface area contributed by atoms with E-state index >= 15 is 0 Å². The van der Waals surface area contributed by atoms with Crippen LogP contribution in [-0.2, 0) is 11.0 Å². The highest BCUT2D eigenvalue weighted by Crippen LogP contribution is 2.36. The number of anilines is 1. The number of amides is 2. The molecule has 9 heteroatoms. The average Bonchev–Trinajstić information content (AvgIpc) is 2.36. The standard InChI is InChI=1S/C12H12BrF3N2O3/c1-18(5-4-10(19)20)11(21)17-7-2-3-9(13)8(6-7)12(14,15)16/h2-3,6H,4-5H2,1H3,(H,17,21)(H,19,20). The number of carboxylic acid groups (broad SMARTS) is 1. The van der Waals surface area contributed by atoms with E-state index in [9.17, 15) is 22.8 Å². The molecule has 2 amide bonds. The molecule has 0 unspecified atom stereocenters. The number of nitrogens with one attached hydrogen (secondary N) is 1. The molecule has 5 nitrogen and oxygen atoms in total. The largest absolute Gasteiger partial charge is 0.481 e. The van der Waals surface area contributed by atoms with E-state index in [1.165, 1.54) is 19.2 Å². The van der Waals surface area contributed by atoms with Crippen LogP contribution in [0.1, 0.15) is 12.0 Å². The van der Waals surface area contributed by atoms with Crippen molar-refractivity contribution in [2.75, 3.05) is 18.9 Å². The third-order valence-corrected chi connectivity index (χ3v) is 3.22. The van der Waals surface area contributed by atoms with Gasteiger partial charge in [-0.3, -0.25) is 4.79 Å². The number of rotatable bonds is 4.